The molecular formula is C20H20N4O4. The number of aliphatic hydroxyl groups excluding tert-OH is 1. The summed E-state index contributed by atoms with van der Waals surface area (Å²) >= 11 is 0. The first kappa shape index (κ1) is 18.3. The van der Waals surface area contributed by atoms with Crippen LogP contribution in [0.2, 0.25) is 0 Å². The number of benzene rings is 1. The molecule has 0 atom stereocenters. The Bertz CT molecular complexity index is 994. The van der Waals surface area contributed by atoms with Crippen LogP contribution in [-0.2, 0) is 11.2 Å². The predicted octanol–water partition coefficient (Wildman–Crippen LogP) is 1.21. The number of rotatable bonds is 7. The van der Waals surface area contributed by atoms with Gasteiger partial charge >= 0.3 is 0 Å². The Balaban J connectivity index is 1.45. The van der Waals surface area contributed by atoms with Crippen LogP contribution in [0.4, 0.5) is 0 Å². The molecule has 0 aliphatic carbocycles. The van der Waals surface area contributed by atoms with Crippen LogP contribution in [0.15, 0.2) is 53.7 Å². The number of aromatic nitrogens is 4. The van der Waals surface area contributed by atoms with E-state index in [1.54, 1.807) is 12.4 Å². The molecule has 0 bridgehead atoms. The summed E-state index contributed by atoms with van der Waals surface area (Å²) in [7, 11) is 0. The SMILES string of the molecule is O=c1cc[nH]nc1Cc1cccc(-c2ncc(OCC3(CO)COC3)cn2)c1. The molecule has 1 saturated heterocycles. The van der Waals surface area contributed by atoms with Crippen molar-refractivity contribution >= 4 is 0 Å². The van der Waals surface area contributed by atoms with Gasteiger partial charge in [0, 0.05) is 24.2 Å². The zero-order valence-electron chi connectivity index (χ0n) is 15.2. The van der Waals surface area contributed by atoms with Gasteiger partial charge in [-0.05, 0) is 11.6 Å². The smallest absolute Gasteiger partial charge is 0.203 e. The molecule has 1 fully saturated rings. The number of ether oxygens (including phenoxy) is 2. The van der Waals surface area contributed by atoms with Gasteiger partial charge in [0.05, 0.1) is 37.6 Å². The molecule has 1 aliphatic rings. The molecule has 0 amide bonds. The number of aliphatic hydroxyl groups is 1. The van der Waals surface area contributed by atoms with Crippen molar-refractivity contribution in [3.05, 3.63) is 70.4 Å². The van der Waals surface area contributed by atoms with Gasteiger partial charge in [-0.25, -0.2) is 9.97 Å². The van der Waals surface area contributed by atoms with E-state index in [9.17, 15) is 9.90 Å². The van der Waals surface area contributed by atoms with E-state index in [-0.39, 0.29) is 17.5 Å². The first-order valence-electron chi connectivity index (χ1n) is 8.93. The lowest BCUT2D eigenvalue weighted by molar-refractivity contribution is -0.153. The molecule has 8 heteroatoms. The second kappa shape index (κ2) is 7.87. The van der Waals surface area contributed by atoms with Gasteiger partial charge in [-0.2, -0.15) is 5.10 Å². The lowest BCUT2D eigenvalue weighted by atomic mass is 9.88. The summed E-state index contributed by atoms with van der Waals surface area (Å²) in [6.45, 7) is 1.38. The van der Waals surface area contributed by atoms with E-state index in [1.807, 2.05) is 24.3 Å². The molecule has 0 spiro atoms. The highest BCUT2D eigenvalue weighted by molar-refractivity contribution is 5.56. The van der Waals surface area contributed by atoms with Crippen molar-refractivity contribution in [3.63, 3.8) is 0 Å². The van der Waals surface area contributed by atoms with Crippen molar-refractivity contribution in [2.75, 3.05) is 26.4 Å². The second-order valence-corrected chi connectivity index (χ2v) is 6.94. The fourth-order valence-corrected chi connectivity index (χ4v) is 2.91. The van der Waals surface area contributed by atoms with Gasteiger partial charge in [-0.3, -0.25) is 9.89 Å². The lowest BCUT2D eigenvalue weighted by Crippen LogP contribution is -2.49. The summed E-state index contributed by atoms with van der Waals surface area (Å²) in [6, 6.07) is 9.15. The van der Waals surface area contributed by atoms with Crippen LogP contribution < -0.4 is 10.2 Å². The highest BCUT2D eigenvalue weighted by Gasteiger charge is 2.39. The summed E-state index contributed by atoms with van der Waals surface area (Å²) in [5.74, 6) is 1.10. The zero-order valence-corrected chi connectivity index (χ0v) is 15.2. The van der Waals surface area contributed by atoms with Gasteiger partial charge in [0.15, 0.2) is 11.6 Å². The van der Waals surface area contributed by atoms with Crippen molar-refractivity contribution in [2.24, 2.45) is 5.41 Å². The Hall–Kier alpha value is -3.10. The maximum atomic E-state index is 11.9. The number of nitrogens with one attached hydrogen (secondary N) is 1. The summed E-state index contributed by atoms with van der Waals surface area (Å²) in [4.78, 5) is 20.6. The Kier molecular flexibility index (Phi) is 5.14. The topological polar surface area (TPSA) is 110 Å². The third kappa shape index (κ3) is 3.92. The van der Waals surface area contributed by atoms with Gasteiger partial charge in [0.25, 0.3) is 0 Å². The van der Waals surface area contributed by atoms with Gasteiger partial charge < -0.3 is 14.6 Å². The minimum Gasteiger partial charge on any atom is -0.489 e. The summed E-state index contributed by atoms with van der Waals surface area (Å²) in [5, 5.41) is 16.2. The predicted molar refractivity (Wildman–Crippen MR) is 101 cm³/mol. The number of hydrogen-bond donors (Lipinski definition) is 2. The van der Waals surface area contributed by atoms with Crippen LogP contribution >= 0.6 is 0 Å². The molecule has 144 valence electrons. The summed E-state index contributed by atoms with van der Waals surface area (Å²) in [6.07, 6.45) is 5.17. The average Bonchev–Trinajstić information content (AvgIpc) is 2.70. The zero-order chi connectivity index (χ0) is 19.4. The van der Waals surface area contributed by atoms with E-state index in [0.717, 1.165) is 11.1 Å². The Morgan fingerprint density at radius 3 is 2.71 bits per heavy atom. The van der Waals surface area contributed by atoms with Gasteiger partial charge in [0.2, 0.25) is 5.43 Å². The quantitative estimate of drug-likeness (QED) is 0.634. The van der Waals surface area contributed by atoms with Crippen LogP contribution in [0.1, 0.15) is 11.3 Å². The average molecular weight is 380 g/mol. The molecule has 1 aliphatic heterocycles. The Morgan fingerprint density at radius 2 is 2.04 bits per heavy atom. The van der Waals surface area contributed by atoms with Gasteiger partial charge in [-0.15, -0.1) is 0 Å². The Labute approximate surface area is 161 Å². The van der Waals surface area contributed by atoms with Crippen molar-refractivity contribution in [3.8, 4) is 17.1 Å². The highest BCUT2D eigenvalue weighted by atomic mass is 16.5. The van der Waals surface area contributed by atoms with Crippen molar-refractivity contribution in [1.82, 2.24) is 20.2 Å². The molecule has 28 heavy (non-hydrogen) atoms. The molecule has 1 aromatic carbocycles. The fraction of sp³-hybridized carbons (Fsp3) is 0.300. The van der Waals surface area contributed by atoms with Gasteiger partial charge in [0.1, 0.15) is 12.3 Å². The maximum Gasteiger partial charge on any atom is 0.203 e. The third-order valence-corrected chi connectivity index (χ3v) is 4.68. The van der Waals surface area contributed by atoms with E-state index >= 15 is 0 Å². The number of aromatic amines is 1. The monoisotopic (exact) mass is 380 g/mol. The maximum absolute atomic E-state index is 11.9. The molecule has 0 unspecified atom stereocenters. The summed E-state index contributed by atoms with van der Waals surface area (Å²) < 4.78 is 10.9. The van der Waals surface area contributed by atoms with Crippen molar-refractivity contribution < 1.29 is 14.6 Å². The first-order valence-corrected chi connectivity index (χ1v) is 8.93. The summed E-state index contributed by atoms with van der Waals surface area (Å²) in [5.41, 5.74) is 1.83. The van der Waals surface area contributed by atoms with E-state index in [4.69, 9.17) is 9.47 Å². The molecule has 2 N–H and O–H groups in total. The number of nitrogens with zero attached hydrogens (tertiary/aromatic N) is 3. The first-order chi connectivity index (χ1) is 13.7. The van der Waals surface area contributed by atoms with E-state index < -0.39 is 0 Å². The van der Waals surface area contributed by atoms with Crippen LogP contribution in [0.3, 0.4) is 0 Å². The van der Waals surface area contributed by atoms with E-state index in [2.05, 4.69) is 20.2 Å². The molecule has 4 rings (SSSR count). The minimum atomic E-state index is -0.323. The molecule has 3 aromatic rings. The molecule has 8 nitrogen and oxygen atoms in total. The van der Waals surface area contributed by atoms with E-state index in [1.165, 1.54) is 12.3 Å². The lowest BCUT2D eigenvalue weighted by Gasteiger charge is -2.39. The highest BCUT2D eigenvalue weighted by Crippen LogP contribution is 2.28. The number of hydrogen-bond acceptors (Lipinski definition) is 7. The fourth-order valence-electron chi connectivity index (χ4n) is 2.91. The van der Waals surface area contributed by atoms with Crippen molar-refractivity contribution in [2.45, 2.75) is 6.42 Å². The van der Waals surface area contributed by atoms with Crippen LogP contribution in [-0.4, -0.2) is 51.7 Å². The Morgan fingerprint density at radius 1 is 1.21 bits per heavy atom. The largest absolute Gasteiger partial charge is 0.489 e. The van der Waals surface area contributed by atoms with Crippen molar-refractivity contribution in [1.29, 1.82) is 0 Å². The van der Waals surface area contributed by atoms with Gasteiger partial charge in [-0.1, -0.05) is 18.2 Å². The molecule has 0 saturated carbocycles. The minimum absolute atomic E-state index is 0.0256. The third-order valence-electron chi connectivity index (χ3n) is 4.68. The molecule has 2 aromatic heterocycles. The van der Waals surface area contributed by atoms with Crippen LogP contribution in [0.5, 0.6) is 5.75 Å². The van der Waals surface area contributed by atoms with Crippen LogP contribution in [0, 0.1) is 5.41 Å². The normalized spacial score (nSPS) is 15.0. The second-order valence-electron chi connectivity index (χ2n) is 6.94. The standard InChI is InChI=1S/C20H20N4O4/c25-10-20(11-27-12-20)13-28-16-8-21-19(22-9-16)15-3-1-2-14(6-15)7-17-18(26)4-5-23-24-17/h1-6,8-9,25H,7,10-13H2,(H,23,26). The van der Waals surface area contributed by atoms with E-state index in [0.29, 0.717) is 43.5 Å². The number of H-pyrrole nitrogens is 1. The molecule has 0 radical (unpaired) electrons. The molecule has 3 heterocycles. The molecular weight excluding hydrogens is 360 g/mol. The van der Waals surface area contributed by atoms with Crippen LogP contribution in [0.25, 0.3) is 11.4 Å².